The SMILES string of the molecule is COc1cc(C(=O)N2C[C@]3(CN)CCC23)cc2nc(-c3cc4cc(C5=Cc6ccccc6C5)ccc4n3CC3CC3)n(C)c12. The van der Waals surface area contributed by atoms with Crippen molar-refractivity contribution in [1.82, 2.24) is 19.0 Å². The quantitative estimate of drug-likeness (QED) is 0.245. The highest BCUT2D eigenvalue weighted by Crippen LogP contribution is 2.53. The number of rotatable bonds is 7. The molecule has 2 saturated carbocycles. The van der Waals surface area contributed by atoms with Crippen LogP contribution in [0.5, 0.6) is 5.75 Å². The zero-order valence-electron chi connectivity index (χ0n) is 25.3. The third kappa shape index (κ3) is 3.71. The molecule has 3 heterocycles. The monoisotopic (exact) mass is 583 g/mol. The maximum absolute atomic E-state index is 13.6. The first-order valence-corrected chi connectivity index (χ1v) is 15.9. The normalized spacial score (nSPS) is 22.0. The molecule has 1 aliphatic heterocycles. The summed E-state index contributed by atoms with van der Waals surface area (Å²) >= 11 is 0. The van der Waals surface area contributed by atoms with Crippen LogP contribution in [0.2, 0.25) is 0 Å². The number of hydrogen-bond donors (Lipinski definition) is 1. The molecular weight excluding hydrogens is 546 g/mol. The number of imidazole rings is 1. The molecule has 0 spiro atoms. The maximum atomic E-state index is 13.6. The highest BCUT2D eigenvalue weighted by molar-refractivity contribution is 6.01. The molecule has 3 aliphatic carbocycles. The summed E-state index contributed by atoms with van der Waals surface area (Å²) < 4.78 is 10.5. The number of hydrogen-bond acceptors (Lipinski definition) is 4. The first-order chi connectivity index (χ1) is 21.5. The number of nitrogens with two attached hydrogens (primary N) is 1. The molecule has 3 aromatic carbocycles. The molecular formula is C37H37N5O2. The summed E-state index contributed by atoms with van der Waals surface area (Å²) in [4.78, 5) is 20.8. The number of methoxy groups -OCH3 is 1. The summed E-state index contributed by atoms with van der Waals surface area (Å²) in [6.07, 6.45) is 7.99. The van der Waals surface area contributed by atoms with Crippen LogP contribution >= 0.6 is 0 Å². The van der Waals surface area contributed by atoms with Crippen LogP contribution in [0.15, 0.2) is 60.7 Å². The number of benzene rings is 3. The summed E-state index contributed by atoms with van der Waals surface area (Å²) in [6.45, 7) is 2.37. The van der Waals surface area contributed by atoms with Crippen LogP contribution in [-0.4, -0.2) is 51.2 Å². The lowest BCUT2D eigenvalue weighted by molar-refractivity contribution is -0.117. The van der Waals surface area contributed by atoms with Gasteiger partial charge in [0.25, 0.3) is 5.91 Å². The molecule has 222 valence electrons. The van der Waals surface area contributed by atoms with Crippen molar-refractivity contribution in [1.29, 1.82) is 0 Å². The molecule has 1 amide bonds. The third-order valence-electron chi connectivity index (χ3n) is 11.0. The largest absolute Gasteiger partial charge is 0.494 e. The van der Waals surface area contributed by atoms with Crippen LogP contribution in [0.1, 0.15) is 52.7 Å². The van der Waals surface area contributed by atoms with Gasteiger partial charge < -0.3 is 24.5 Å². The average molecular weight is 584 g/mol. The first-order valence-electron chi connectivity index (χ1n) is 15.9. The minimum Gasteiger partial charge on any atom is -0.494 e. The summed E-state index contributed by atoms with van der Waals surface area (Å²) in [5, 5.41) is 1.23. The van der Waals surface area contributed by atoms with Gasteiger partial charge in [-0.05, 0) is 90.6 Å². The number of likely N-dealkylation sites (tertiary alicyclic amines) is 1. The topological polar surface area (TPSA) is 78.3 Å². The molecule has 2 N–H and O–H groups in total. The Labute approximate surface area is 256 Å². The van der Waals surface area contributed by atoms with Gasteiger partial charge >= 0.3 is 0 Å². The van der Waals surface area contributed by atoms with Gasteiger partial charge in [-0.2, -0.15) is 0 Å². The van der Waals surface area contributed by atoms with Gasteiger partial charge in [0, 0.05) is 54.6 Å². The molecule has 0 radical (unpaired) electrons. The lowest BCUT2D eigenvalue weighted by Crippen LogP contribution is -2.74. The number of carbonyl (C=O) groups is 1. The van der Waals surface area contributed by atoms with Gasteiger partial charge in [-0.25, -0.2) is 4.98 Å². The fraction of sp³-hybridized carbons (Fsp3) is 0.351. The van der Waals surface area contributed by atoms with E-state index in [1.165, 1.54) is 46.0 Å². The van der Waals surface area contributed by atoms with E-state index in [2.05, 4.69) is 70.8 Å². The van der Waals surface area contributed by atoms with E-state index in [4.69, 9.17) is 15.5 Å². The summed E-state index contributed by atoms with van der Waals surface area (Å²) in [5.41, 5.74) is 16.2. The number of allylic oxidation sites excluding steroid dienone is 1. The number of nitrogens with zero attached hydrogens (tertiary/aromatic N) is 4. The number of ether oxygens (including phenoxy) is 1. The predicted molar refractivity (Wildman–Crippen MR) is 174 cm³/mol. The summed E-state index contributed by atoms with van der Waals surface area (Å²) in [7, 11) is 3.73. The Morgan fingerprint density at radius 3 is 2.68 bits per heavy atom. The van der Waals surface area contributed by atoms with Gasteiger partial charge in [0.2, 0.25) is 0 Å². The van der Waals surface area contributed by atoms with Crippen LogP contribution in [-0.2, 0) is 20.0 Å². The van der Waals surface area contributed by atoms with Crippen molar-refractivity contribution in [3.63, 3.8) is 0 Å². The molecule has 7 heteroatoms. The number of aryl methyl sites for hydroxylation is 1. The van der Waals surface area contributed by atoms with Crippen molar-refractivity contribution >= 4 is 39.5 Å². The first kappa shape index (κ1) is 26.1. The van der Waals surface area contributed by atoms with Crippen LogP contribution in [0.25, 0.3) is 45.1 Å². The molecule has 1 saturated heterocycles. The van der Waals surface area contributed by atoms with E-state index < -0.39 is 0 Å². The lowest BCUT2D eigenvalue weighted by Gasteiger charge is -2.64. The second-order valence-corrected chi connectivity index (χ2v) is 13.5. The number of fused-ring (bicyclic) bond motifs is 4. The van der Waals surface area contributed by atoms with Gasteiger partial charge in [-0.1, -0.05) is 36.4 Å². The van der Waals surface area contributed by atoms with E-state index in [1.807, 2.05) is 17.0 Å². The van der Waals surface area contributed by atoms with Crippen molar-refractivity contribution in [2.75, 3.05) is 20.2 Å². The van der Waals surface area contributed by atoms with Gasteiger partial charge in [0.05, 0.1) is 18.3 Å². The van der Waals surface area contributed by atoms with E-state index in [0.717, 1.165) is 54.9 Å². The molecule has 9 rings (SSSR count). The zero-order valence-corrected chi connectivity index (χ0v) is 25.3. The average Bonchev–Trinajstić information content (AvgIpc) is 3.49. The van der Waals surface area contributed by atoms with E-state index in [-0.39, 0.29) is 17.4 Å². The molecule has 4 aliphatic rings. The van der Waals surface area contributed by atoms with Crippen molar-refractivity contribution in [3.8, 4) is 17.3 Å². The van der Waals surface area contributed by atoms with Crippen LogP contribution in [0, 0.1) is 11.3 Å². The number of piperidine rings is 1. The smallest absolute Gasteiger partial charge is 0.254 e. The molecule has 5 aromatic rings. The van der Waals surface area contributed by atoms with E-state index in [0.29, 0.717) is 23.8 Å². The Kier molecular flexibility index (Phi) is 5.52. The van der Waals surface area contributed by atoms with E-state index in [9.17, 15) is 4.79 Å². The minimum absolute atomic E-state index is 0.0462. The second kappa shape index (κ2) is 9.32. The Morgan fingerprint density at radius 2 is 1.95 bits per heavy atom. The van der Waals surface area contributed by atoms with Crippen LogP contribution in [0.3, 0.4) is 0 Å². The van der Waals surface area contributed by atoms with Crippen LogP contribution in [0.4, 0.5) is 0 Å². The Bertz CT molecular complexity index is 2040. The molecule has 1 unspecified atom stereocenters. The standard InChI is InChI=1S/C37H37N5O2/c1-40-34-29(16-28(18-32(34)44-2)36(43)42-21-37(20-38)12-11-33(37)42)39-35(40)31-17-27-15-25(9-10-30(27)41(31)19-22-7-8-22)26-13-23-5-3-4-6-24(23)14-26/h3-6,9-10,13,15-18,22,33H,7-8,11-12,14,19-21,38H2,1-2H3/t33?,37-/m1/s1. The molecule has 2 atom stereocenters. The van der Waals surface area contributed by atoms with Crippen LogP contribution < -0.4 is 10.5 Å². The molecule has 44 heavy (non-hydrogen) atoms. The molecule has 7 nitrogen and oxygen atoms in total. The fourth-order valence-corrected chi connectivity index (χ4v) is 8.07. The Hall–Kier alpha value is -4.36. The highest BCUT2D eigenvalue weighted by atomic mass is 16.5. The summed E-state index contributed by atoms with van der Waals surface area (Å²) in [6, 6.07) is 22.0. The number of carbonyl (C=O) groups excluding carboxylic acids is 1. The fourth-order valence-electron chi connectivity index (χ4n) is 8.07. The lowest BCUT2D eigenvalue weighted by atomic mass is 9.57. The van der Waals surface area contributed by atoms with E-state index in [1.54, 1.807) is 7.11 Å². The van der Waals surface area contributed by atoms with Crippen molar-refractivity contribution in [3.05, 3.63) is 82.9 Å². The molecule has 2 aromatic heterocycles. The molecule has 0 bridgehead atoms. The van der Waals surface area contributed by atoms with Crippen molar-refractivity contribution < 1.29 is 9.53 Å². The van der Waals surface area contributed by atoms with Gasteiger partial charge in [0.15, 0.2) is 5.82 Å². The maximum Gasteiger partial charge on any atom is 0.254 e. The Morgan fingerprint density at radius 1 is 1.09 bits per heavy atom. The number of aromatic nitrogens is 3. The highest BCUT2D eigenvalue weighted by Gasteiger charge is 2.59. The van der Waals surface area contributed by atoms with Crippen molar-refractivity contribution in [2.24, 2.45) is 24.1 Å². The van der Waals surface area contributed by atoms with Gasteiger partial charge in [0.1, 0.15) is 11.3 Å². The summed E-state index contributed by atoms with van der Waals surface area (Å²) in [5.74, 6) is 2.31. The minimum atomic E-state index is 0.0462. The van der Waals surface area contributed by atoms with Gasteiger partial charge in [-0.15, -0.1) is 0 Å². The Balaban J connectivity index is 1.12. The van der Waals surface area contributed by atoms with Gasteiger partial charge in [-0.3, -0.25) is 4.79 Å². The third-order valence-corrected chi connectivity index (χ3v) is 11.0. The molecule has 3 fully saturated rings. The number of amides is 1. The zero-order chi connectivity index (χ0) is 29.7. The van der Waals surface area contributed by atoms with E-state index >= 15 is 0 Å². The predicted octanol–water partition coefficient (Wildman–Crippen LogP) is 6.27. The van der Waals surface area contributed by atoms with Crippen molar-refractivity contribution in [2.45, 2.75) is 44.7 Å². The second-order valence-electron chi connectivity index (χ2n) is 13.5.